The van der Waals surface area contributed by atoms with Crippen LogP contribution in [0.2, 0.25) is 0 Å². The number of nitrogens with one attached hydrogen (secondary N) is 1. The van der Waals surface area contributed by atoms with Crippen LogP contribution < -0.4 is 11.1 Å². The SMILES string of the molecule is CC1CC(NC(=O)C2(CN)CCOCC2)CN1Cc1ccccc1.Cl.Cl. The summed E-state index contributed by atoms with van der Waals surface area (Å²) in [5, 5.41) is 3.27. The van der Waals surface area contributed by atoms with E-state index in [1.165, 1.54) is 5.56 Å². The number of nitrogens with two attached hydrogens (primary N) is 1. The molecule has 1 aromatic carbocycles. The van der Waals surface area contributed by atoms with E-state index in [-0.39, 0.29) is 36.8 Å². The first-order valence-corrected chi connectivity index (χ1v) is 9.00. The number of hydrogen-bond donors (Lipinski definition) is 2. The molecular formula is C19H31Cl2N3O2. The van der Waals surface area contributed by atoms with Crippen molar-refractivity contribution in [1.82, 2.24) is 10.2 Å². The number of halogens is 2. The van der Waals surface area contributed by atoms with Gasteiger partial charge in [-0.1, -0.05) is 30.3 Å². The maximum Gasteiger partial charge on any atom is 0.227 e. The lowest BCUT2D eigenvalue weighted by Gasteiger charge is -2.35. The lowest BCUT2D eigenvalue weighted by atomic mass is 9.79. The van der Waals surface area contributed by atoms with Crippen LogP contribution in [-0.4, -0.2) is 49.2 Å². The molecular weight excluding hydrogens is 373 g/mol. The van der Waals surface area contributed by atoms with Crippen molar-refractivity contribution in [2.45, 2.75) is 44.8 Å². The molecule has 2 saturated heterocycles. The second-order valence-electron chi connectivity index (χ2n) is 7.27. The molecule has 2 aliphatic heterocycles. The first-order valence-electron chi connectivity index (χ1n) is 9.00. The highest BCUT2D eigenvalue weighted by molar-refractivity contribution is 5.85. The van der Waals surface area contributed by atoms with Gasteiger partial charge in [-0.05, 0) is 31.7 Å². The van der Waals surface area contributed by atoms with Gasteiger partial charge in [-0.2, -0.15) is 0 Å². The maximum atomic E-state index is 12.8. The number of ether oxygens (including phenoxy) is 1. The van der Waals surface area contributed by atoms with Crippen LogP contribution in [0.4, 0.5) is 0 Å². The number of hydrogen-bond acceptors (Lipinski definition) is 4. The largest absolute Gasteiger partial charge is 0.381 e. The van der Waals surface area contributed by atoms with Crippen LogP contribution in [0.5, 0.6) is 0 Å². The number of carbonyl (C=O) groups excluding carboxylic acids is 1. The molecule has 0 bridgehead atoms. The quantitative estimate of drug-likeness (QED) is 0.791. The molecule has 3 N–H and O–H groups in total. The lowest BCUT2D eigenvalue weighted by molar-refractivity contribution is -0.136. The zero-order chi connectivity index (χ0) is 17.0. The molecule has 0 aliphatic carbocycles. The first kappa shape index (κ1) is 23.2. The summed E-state index contributed by atoms with van der Waals surface area (Å²) in [5.74, 6) is 0.118. The Kier molecular flexibility index (Phi) is 9.34. The maximum absolute atomic E-state index is 12.8. The minimum absolute atomic E-state index is 0. The van der Waals surface area contributed by atoms with E-state index in [9.17, 15) is 4.79 Å². The van der Waals surface area contributed by atoms with Gasteiger partial charge in [0.1, 0.15) is 0 Å². The van der Waals surface area contributed by atoms with Gasteiger partial charge in [-0.3, -0.25) is 9.69 Å². The van der Waals surface area contributed by atoms with Crippen LogP contribution in [-0.2, 0) is 16.1 Å². The summed E-state index contributed by atoms with van der Waals surface area (Å²) < 4.78 is 5.40. The molecule has 2 aliphatic rings. The Morgan fingerprint density at radius 3 is 2.54 bits per heavy atom. The van der Waals surface area contributed by atoms with Crippen molar-refractivity contribution in [3.8, 4) is 0 Å². The Balaban J connectivity index is 0.00000169. The van der Waals surface area contributed by atoms with Gasteiger partial charge in [0.05, 0.1) is 5.41 Å². The normalized spacial score (nSPS) is 25.0. The number of nitrogens with zero attached hydrogens (tertiary/aromatic N) is 1. The smallest absolute Gasteiger partial charge is 0.227 e. The zero-order valence-electron chi connectivity index (χ0n) is 15.4. The summed E-state index contributed by atoms with van der Waals surface area (Å²) in [4.78, 5) is 15.3. The number of amides is 1. The molecule has 1 aromatic rings. The summed E-state index contributed by atoms with van der Waals surface area (Å²) in [6.45, 7) is 5.74. The summed E-state index contributed by atoms with van der Waals surface area (Å²) in [6.07, 6.45) is 2.45. The third kappa shape index (κ3) is 5.33. The van der Waals surface area contributed by atoms with Gasteiger partial charge in [0.2, 0.25) is 5.91 Å². The molecule has 0 aromatic heterocycles. The van der Waals surface area contributed by atoms with Crippen LogP contribution in [0, 0.1) is 5.41 Å². The van der Waals surface area contributed by atoms with E-state index in [2.05, 4.69) is 41.4 Å². The highest BCUT2D eigenvalue weighted by atomic mass is 35.5. The van der Waals surface area contributed by atoms with Gasteiger partial charge in [-0.15, -0.1) is 24.8 Å². The van der Waals surface area contributed by atoms with Gasteiger partial charge in [0.15, 0.2) is 0 Å². The molecule has 0 saturated carbocycles. The summed E-state index contributed by atoms with van der Waals surface area (Å²) in [5.41, 5.74) is 6.83. The van der Waals surface area contributed by atoms with Gasteiger partial charge < -0.3 is 15.8 Å². The number of carbonyl (C=O) groups is 1. The van der Waals surface area contributed by atoms with Crippen molar-refractivity contribution in [3.05, 3.63) is 35.9 Å². The van der Waals surface area contributed by atoms with Crippen LogP contribution >= 0.6 is 24.8 Å². The molecule has 2 fully saturated rings. The fourth-order valence-corrected chi connectivity index (χ4v) is 3.87. The van der Waals surface area contributed by atoms with Crippen molar-refractivity contribution in [1.29, 1.82) is 0 Å². The molecule has 5 nitrogen and oxygen atoms in total. The van der Waals surface area contributed by atoms with Crippen molar-refractivity contribution >= 4 is 30.7 Å². The number of likely N-dealkylation sites (tertiary alicyclic amines) is 1. The fourth-order valence-electron chi connectivity index (χ4n) is 3.87. The molecule has 0 radical (unpaired) electrons. The monoisotopic (exact) mass is 403 g/mol. The second-order valence-corrected chi connectivity index (χ2v) is 7.27. The molecule has 2 heterocycles. The molecule has 7 heteroatoms. The van der Waals surface area contributed by atoms with Crippen LogP contribution in [0.15, 0.2) is 30.3 Å². The highest BCUT2D eigenvalue weighted by Crippen LogP contribution is 2.30. The Bertz CT molecular complexity index is 553. The fraction of sp³-hybridized carbons (Fsp3) is 0.632. The molecule has 1 amide bonds. The molecule has 2 atom stereocenters. The molecule has 148 valence electrons. The lowest BCUT2D eigenvalue weighted by Crippen LogP contribution is -2.52. The average molecular weight is 404 g/mol. The van der Waals surface area contributed by atoms with E-state index in [4.69, 9.17) is 10.5 Å². The van der Waals surface area contributed by atoms with Crippen molar-refractivity contribution in [2.75, 3.05) is 26.3 Å². The molecule has 2 unspecified atom stereocenters. The molecule has 0 spiro atoms. The van der Waals surface area contributed by atoms with Gasteiger partial charge in [0, 0.05) is 44.9 Å². The predicted molar refractivity (Wildman–Crippen MR) is 109 cm³/mol. The van der Waals surface area contributed by atoms with Crippen LogP contribution in [0.25, 0.3) is 0 Å². The number of rotatable bonds is 5. The molecule has 26 heavy (non-hydrogen) atoms. The highest BCUT2D eigenvalue weighted by Gasteiger charge is 2.41. The first-order chi connectivity index (χ1) is 11.6. The predicted octanol–water partition coefficient (Wildman–Crippen LogP) is 2.36. The van der Waals surface area contributed by atoms with E-state index >= 15 is 0 Å². The summed E-state index contributed by atoms with van der Waals surface area (Å²) >= 11 is 0. The third-order valence-electron chi connectivity index (χ3n) is 5.59. The third-order valence-corrected chi connectivity index (χ3v) is 5.59. The second kappa shape index (κ2) is 10.5. The summed E-state index contributed by atoms with van der Waals surface area (Å²) in [7, 11) is 0. The minimum atomic E-state index is -0.436. The summed E-state index contributed by atoms with van der Waals surface area (Å²) in [6, 6.07) is 11.2. The topological polar surface area (TPSA) is 67.6 Å². The Hall–Kier alpha value is -0.850. The van der Waals surface area contributed by atoms with E-state index in [0.717, 1.165) is 32.4 Å². The standard InChI is InChI=1S/C19H29N3O2.2ClH/c1-15-11-17(13-22(15)12-16-5-3-2-4-6-16)21-18(23)19(14-20)7-9-24-10-8-19;;/h2-6,15,17H,7-14,20H2,1H3,(H,21,23);2*1H. The van der Waals surface area contributed by atoms with Gasteiger partial charge in [-0.25, -0.2) is 0 Å². The van der Waals surface area contributed by atoms with Crippen molar-refractivity contribution in [3.63, 3.8) is 0 Å². The van der Waals surface area contributed by atoms with E-state index in [0.29, 0.717) is 25.8 Å². The van der Waals surface area contributed by atoms with Gasteiger partial charge in [0.25, 0.3) is 0 Å². The van der Waals surface area contributed by atoms with E-state index < -0.39 is 5.41 Å². The zero-order valence-corrected chi connectivity index (χ0v) is 17.0. The average Bonchev–Trinajstić information content (AvgIpc) is 2.95. The van der Waals surface area contributed by atoms with E-state index in [1.54, 1.807) is 0 Å². The van der Waals surface area contributed by atoms with Crippen molar-refractivity contribution in [2.24, 2.45) is 11.1 Å². The Morgan fingerprint density at radius 2 is 1.92 bits per heavy atom. The Labute approximate surface area is 168 Å². The number of benzene rings is 1. The van der Waals surface area contributed by atoms with E-state index in [1.807, 2.05) is 6.07 Å². The van der Waals surface area contributed by atoms with Crippen molar-refractivity contribution < 1.29 is 9.53 Å². The van der Waals surface area contributed by atoms with Gasteiger partial charge >= 0.3 is 0 Å². The minimum Gasteiger partial charge on any atom is -0.381 e. The van der Waals surface area contributed by atoms with Crippen LogP contribution in [0.3, 0.4) is 0 Å². The Morgan fingerprint density at radius 1 is 1.27 bits per heavy atom. The molecule has 3 rings (SSSR count). The van der Waals surface area contributed by atoms with Crippen LogP contribution in [0.1, 0.15) is 31.7 Å².